The van der Waals surface area contributed by atoms with E-state index in [4.69, 9.17) is 14.2 Å². The van der Waals surface area contributed by atoms with Crippen molar-refractivity contribution >= 4 is 23.0 Å². The minimum atomic E-state index is -0.378. The normalized spacial score (nSPS) is 10.9. The molecule has 134 valence electrons. The van der Waals surface area contributed by atoms with Crippen molar-refractivity contribution in [3.8, 4) is 17.2 Å². The number of hydrogen-bond acceptors (Lipinski definition) is 5. The molecule has 7 heteroatoms. The number of para-hydroxylation sites is 1. The minimum Gasteiger partial charge on any atom is -0.496 e. The number of rotatable bonds is 6. The summed E-state index contributed by atoms with van der Waals surface area (Å²) >= 11 is 0. The maximum absolute atomic E-state index is 12.4. The predicted molar refractivity (Wildman–Crippen MR) is 99.5 cm³/mol. The number of ether oxygens (including phenoxy) is 3. The van der Waals surface area contributed by atoms with Crippen LogP contribution in [-0.2, 0) is 0 Å². The summed E-state index contributed by atoms with van der Waals surface area (Å²) in [7, 11) is 4.72. The van der Waals surface area contributed by atoms with Gasteiger partial charge in [-0.3, -0.25) is 4.79 Å². The number of fused-ring (bicyclic) bond motifs is 1. The monoisotopic (exact) mass is 353 g/mol. The Morgan fingerprint density at radius 1 is 1.00 bits per heavy atom. The number of amides is 1. The van der Waals surface area contributed by atoms with Crippen LogP contribution in [0.2, 0.25) is 0 Å². The zero-order chi connectivity index (χ0) is 18.5. The molecule has 0 spiro atoms. The van der Waals surface area contributed by atoms with Crippen molar-refractivity contribution in [1.29, 1.82) is 0 Å². The standard InChI is InChI=1S/C19H19N3O4/c1-24-15-7-5-4-6-12(15)11-20-22-19(23)14-10-13-16(25-2)8-9-17(26-3)18(13)21-14/h4-11,21H,1-3H3,(H,22,23). The quantitative estimate of drug-likeness (QED) is 0.527. The lowest BCUT2D eigenvalue weighted by atomic mass is 10.2. The number of nitrogens with zero attached hydrogens (tertiary/aromatic N) is 1. The van der Waals surface area contributed by atoms with E-state index in [-0.39, 0.29) is 5.91 Å². The van der Waals surface area contributed by atoms with E-state index >= 15 is 0 Å². The van der Waals surface area contributed by atoms with E-state index in [2.05, 4.69) is 15.5 Å². The van der Waals surface area contributed by atoms with Crippen LogP contribution in [0.5, 0.6) is 17.2 Å². The van der Waals surface area contributed by atoms with Crippen LogP contribution in [0.25, 0.3) is 10.9 Å². The van der Waals surface area contributed by atoms with Gasteiger partial charge in [-0.25, -0.2) is 5.43 Å². The molecular formula is C19H19N3O4. The highest BCUT2D eigenvalue weighted by Gasteiger charge is 2.15. The van der Waals surface area contributed by atoms with E-state index in [1.807, 2.05) is 24.3 Å². The highest BCUT2D eigenvalue weighted by molar-refractivity contribution is 6.01. The van der Waals surface area contributed by atoms with Gasteiger partial charge in [-0.05, 0) is 30.3 Å². The number of hydrogen-bond donors (Lipinski definition) is 2. The molecule has 2 N–H and O–H groups in total. The second-order valence-corrected chi connectivity index (χ2v) is 5.38. The van der Waals surface area contributed by atoms with Crippen LogP contribution in [0.4, 0.5) is 0 Å². The number of benzene rings is 2. The lowest BCUT2D eigenvalue weighted by Crippen LogP contribution is -2.17. The van der Waals surface area contributed by atoms with Crippen LogP contribution < -0.4 is 19.6 Å². The van der Waals surface area contributed by atoms with E-state index in [1.165, 1.54) is 6.21 Å². The number of aromatic nitrogens is 1. The molecule has 3 aromatic rings. The summed E-state index contributed by atoms with van der Waals surface area (Å²) in [5.41, 5.74) is 4.29. The largest absolute Gasteiger partial charge is 0.496 e. The van der Waals surface area contributed by atoms with Gasteiger partial charge < -0.3 is 19.2 Å². The smallest absolute Gasteiger partial charge is 0.287 e. The van der Waals surface area contributed by atoms with Crippen LogP contribution >= 0.6 is 0 Å². The zero-order valence-corrected chi connectivity index (χ0v) is 14.7. The number of nitrogens with one attached hydrogen (secondary N) is 2. The van der Waals surface area contributed by atoms with Gasteiger partial charge in [0.2, 0.25) is 0 Å². The Kier molecular flexibility index (Phi) is 5.07. The van der Waals surface area contributed by atoms with Gasteiger partial charge in [0.25, 0.3) is 5.91 Å². The molecule has 1 aromatic heterocycles. The Labute approximate surface area is 150 Å². The average molecular weight is 353 g/mol. The van der Waals surface area contributed by atoms with Gasteiger partial charge in [0.15, 0.2) is 0 Å². The fraction of sp³-hybridized carbons (Fsp3) is 0.158. The number of carbonyl (C=O) groups is 1. The molecule has 1 amide bonds. The molecule has 0 saturated heterocycles. The Morgan fingerprint density at radius 3 is 2.42 bits per heavy atom. The van der Waals surface area contributed by atoms with Gasteiger partial charge in [0.1, 0.15) is 22.9 Å². The molecular weight excluding hydrogens is 334 g/mol. The van der Waals surface area contributed by atoms with Gasteiger partial charge in [0, 0.05) is 10.9 Å². The fourth-order valence-corrected chi connectivity index (χ4v) is 2.63. The molecule has 2 aromatic carbocycles. The summed E-state index contributed by atoms with van der Waals surface area (Å²) < 4.78 is 15.9. The molecule has 0 bridgehead atoms. The Hall–Kier alpha value is -3.48. The fourth-order valence-electron chi connectivity index (χ4n) is 2.63. The molecule has 26 heavy (non-hydrogen) atoms. The second-order valence-electron chi connectivity index (χ2n) is 5.38. The van der Waals surface area contributed by atoms with Crippen molar-refractivity contribution in [3.63, 3.8) is 0 Å². The van der Waals surface area contributed by atoms with Crippen LogP contribution in [-0.4, -0.2) is 38.4 Å². The first-order valence-corrected chi connectivity index (χ1v) is 7.88. The average Bonchev–Trinajstić information content (AvgIpc) is 3.13. The number of carbonyl (C=O) groups excluding carboxylic acids is 1. The summed E-state index contributed by atoms with van der Waals surface area (Å²) in [5.74, 6) is 1.56. The highest BCUT2D eigenvalue weighted by atomic mass is 16.5. The molecule has 0 radical (unpaired) electrons. The molecule has 0 fully saturated rings. The summed E-state index contributed by atoms with van der Waals surface area (Å²) in [6.07, 6.45) is 1.53. The van der Waals surface area contributed by atoms with Gasteiger partial charge in [-0.15, -0.1) is 0 Å². The van der Waals surface area contributed by atoms with E-state index in [0.29, 0.717) is 28.5 Å². The molecule has 0 saturated carbocycles. The van der Waals surface area contributed by atoms with Gasteiger partial charge in [-0.1, -0.05) is 12.1 Å². The van der Waals surface area contributed by atoms with E-state index in [9.17, 15) is 4.79 Å². The number of H-pyrrole nitrogens is 1. The molecule has 0 aliphatic heterocycles. The van der Waals surface area contributed by atoms with Crippen molar-refractivity contribution in [3.05, 3.63) is 53.7 Å². The Balaban J connectivity index is 1.83. The van der Waals surface area contributed by atoms with Crippen molar-refractivity contribution in [2.24, 2.45) is 5.10 Å². The first-order valence-electron chi connectivity index (χ1n) is 7.88. The maximum Gasteiger partial charge on any atom is 0.287 e. The third-order valence-corrected chi connectivity index (χ3v) is 3.91. The van der Waals surface area contributed by atoms with Gasteiger partial charge in [-0.2, -0.15) is 5.10 Å². The Bertz CT molecular complexity index is 922. The van der Waals surface area contributed by atoms with Crippen LogP contribution in [0.3, 0.4) is 0 Å². The minimum absolute atomic E-state index is 0.347. The third kappa shape index (κ3) is 3.32. The molecule has 0 unspecified atom stereocenters. The van der Waals surface area contributed by atoms with Crippen molar-refractivity contribution in [1.82, 2.24) is 10.4 Å². The third-order valence-electron chi connectivity index (χ3n) is 3.91. The van der Waals surface area contributed by atoms with E-state index in [0.717, 1.165) is 10.9 Å². The van der Waals surface area contributed by atoms with E-state index in [1.54, 1.807) is 39.5 Å². The summed E-state index contributed by atoms with van der Waals surface area (Å²) in [6.45, 7) is 0. The molecule has 3 rings (SSSR count). The van der Waals surface area contributed by atoms with Crippen LogP contribution in [0, 0.1) is 0 Å². The molecule has 0 atom stereocenters. The summed E-state index contributed by atoms with van der Waals surface area (Å²) in [5, 5.41) is 4.75. The van der Waals surface area contributed by atoms with Crippen molar-refractivity contribution in [2.45, 2.75) is 0 Å². The summed E-state index contributed by atoms with van der Waals surface area (Å²) in [4.78, 5) is 15.4. The lowest BCUT2D eigenvalue weighted by Gasteiger charge is -2.05. The molecule has 0 aliphatic rings. The van der Waals surface area contributed by atoms with Crippen LogP contribution in [0.15, 0.2) is 47.6 Å². The second kappa shape index (κ2) is 7.60. The van der Waals surface area contributed by atoms with E-state index < -0.39 is 0 Å². The number of methoxy groups -OCH3 is 3. The van der Waals surface area contributed by atoms with Gasteiger partial charge >= 0.3 is 0 Å². The molecule has 7 nitrogen and oxygen atoms in total. The molecule has 1 heterocycles. The Morgan fingerprint density at radius 2 is 1.69 bits per heavy atom. The van der Waals surface area contributed by atoms with Gasteiger partial charge in [0.05, 0.1) is 33.1 Å². The van der Waals surface area contributed by atoms with Crippen molar-refractivity contribution < 1.29 is 19.0 Å². The number of hydrazone groups is 1. The predicted octanol–water partition coefficient (Wildman–Crippen LogP) is 2.96. The first kappa shape index (κ1) is 17.3. The molecule has 0 aliphatic carbocycles. The first-order chi connectivity index (χ1) is 12.7. The van der Waals surface area contributed by atoms with Crippen molar-refractivity contribution in [2.75, 3.05) is 21.3 Å². The SMILES string of the molecule is COc1ccccc1C=NNC(=O)c1cc2c(OC)ccc(OC)c2[nH]1. The van der Waals surface area contributed by atoms with Crippen LogP contribution in [0.1, 0.15) is 16.1 Å². The number of aromatic amines is 1. The lowest BCUT2D eigenvalue weighted by molar-refractivity contribution is 0.0951. The maximum atomic E-state index is 12.4. The topological polar surface area (TPSA) is 84.9 Å². The summed E-state index contributed by atoms with van der Waals surface area (Å²) in [6, 6.07) is 12.6. The highest BCUT2D eigenvalue weighted by Crippen LogP contribution is 2.33. The zero-order valence-electron chi connectivity index (χ0n) is 14.7.